The third-order valence-electron chi connectivity index (χ3n) is 2.95. The predicted octanol–water partition coefficient (Wildman–Crippen LogP) is 2.54. The fraction of sp³-hybridized carbons (Fsp3) is 0.357. The van der Waals surface area contributed by atoms with E-state index in [4.69, 9.17) is 5.26 Å². The smallest absolute Gasteiger partial charge is 0.270 e. The van der Waals surface area contributed by atoms with Gasteiger partial charge in [-0.05, 0) is 18.1 Å². The van der Waals surface area contributed by atoms with Gasteiger partial charge in [0, 0.05) is 12.3 Å². The van der Waals surface area contributed by atoms with Gasteiger partial charge in [-0.25, -0.2) is 9.89 Å². The number of H-pyrrole nitrogens is 1. The van der Waals surface area contributed by atoms with Gasteiger partial charge < -0.3 is 0 Å². The van der Waals surface area contributed by atoms with Crippen molar-refractivity contribution in [3.05, 3.63) is 45.9 Å². The molecule has 0 aliphatic carbocycles. The van der Waals surface area contributed by atoms with E-state index in [1.54, 1.807) is 10.6 Å². The zero-order valence-electron chi connectivity index (χ0n) is 11.3. The van der Waals surface area contributed by atoms with Crippen molar-refractivity contribution < 1.29 is 0 Å². The lowest BCUT2D eigenvalue weighted by atomic mass is 10.1. The molecule has 0 radical (unpaired) electrons. The minimum Gasteiger partial charge on any atom is -0.270 e. The van der Waals surface area contributed by atoms with Crippen LogP contribution in [0.1, 0.15) is 30.9 Å². The molecule has 0 atom stereocenters. The number of nitriles is 1. The maximum Gasteiger partial charge on any atom is 0.343 e. The second-order valence-electron chi connectivity index (χ2n) is 4.37. The summed E-state index contributed by atoms with van der Waals surface area (Å²) < 4.78 is 1.66. The molecule has 0 saturated heterocycles. The van der Waals surface area contributed by atoms with Gasteiger partial charge in [-0.2, -0.15) is 5.26 Å². The molecule has 6 heteroatoms. The molecule has 1 aromatic carbocycles. The Balaban J connectivity index is 2.11. The lowest BCUT2D eigenvalue weighted by molar-refractivity contribution is 0.573. The van der Waals surface area contributed by atoms with Crippen molar-refractivity contribution in [2.45, 2.75) is 37.2 Å². The highest BCUT2D eigenvalue weighted by atomic mass is 32.2. The van der Waals surface area contributed by atoms with Crippen LogP contribution in [-0.2, 0) is 12.3 Å². The van der Waals surface area contributed by atoms with Gasteiger partial charge in [-0.3, -0.25) is 4.57 Å². The average molecular weight is 288 g/mol. The topological polar surface area (TPSA) is 74.5 Å². The number of nitrogens with one attached hydrogen (secondary N) is 1. The van der Waals surface area contributed by atoms with E-state index in [-0.39, 0.29) is 5.69 Å². The normalized spacial score (nSPS) is 10.4. The molecule has 0 unspecified atom stereocenters. The number of benzene rings is 1. The highest BCUT2D eigenvalue weighted by Crippen LogP contribution is 2.21. The lowest BCUT2D eigenvalue weighted by Crippen LogP contribution is -2.17. The van der Waals surface area contributed by atoms with Gasteiger partial charge in [0.2, 0.25) is 0 Å². The lowest BCUT2D eigenvalue weighted by Gasteiger charge is -2.05. The molecular formula is C14H16N4OS. The van der Waals surface area contributed by atoms with Gasteiger partial charge in [-0.15, -0.1) is 5.10 Å². The Morgan fingerprint density at radius 2 is 2.25 bits per heavy atom. The number of nitrogens with zero attached hydrogens (tertiary/aromatic N) is 3. The standard InChI is InChI=1S/C14H16N4OS/c1-2-3-8-18-13(19)16-17-14(18)20-10-12-7-5-4-6-11(12)9-15/h4-7H,2-3,8,10H2,1H3,(H,16,19). The number of hydrogen-bond donors (Lipinski definition) is 1. The molecule has 0 aliphatic heterocycles. The van der Waals surface area contributed by atoms with E-state index < -0.39 is 0 Å². The summed E-state index contributed by atoms with van der Waals surface area (Å²) in [6.45, 7) is 2.76. The Kier molecular flexibility index (Phi) is 5.02. The number of aromatic nitrogens is 3. The summed E-state index contributed by atoms with van der Waals surface area (Å²) >= 11 is 1.47. The van der Waals surface area contributed by atoms with E-state index in [0.29, 0.717) is 23.0 Å². The molecule has 1 N–H and O–H groups in total. The van der Waals surface area contributed by atoms with Crippen LogP contribution in [0.3, 0.4) is 0 Å². The third kappa shape index (κ3) is 3.31. The summed E-state index contributed by atoms with van der Waals surface area (Å²) in [6.07, 6.45) is 1.97. The summed E-state index contributed by atoms with van der Waals surface area (Å²) in [5.41, 5.74) is 1.45. The van der Waals surface area contributed by atoms with Crippen LogP contribution >= 0.6 is 11.8 Å². The average Bonchev–Trinajstić information content (AvgIpc) is 2.83. The van der Waals surface area contributed by atoms with Gasteiger partial charge in [0.25, 0.3) is 0 Å². The second-order valence-corrected chi connectivity index (χ2v) is 5.32. The van der Waals surface area contributed by atoms with Crippen molar-refractivity contribution in [2.75, 3.05) is 0 Å². The molecule has 0 bridgehead atoms. The van der Waals surface area contributed by atoms with Crippen LogP contribution < -0.4 is 5.69 Å². The molecule has 2 aromatic rings. The van der Waals surface area contributed by atoms with Crippen molar-refractivity contribution in [3.8, 4) is 6.07 Å². The third-order valence-corrected chi connectivity index (χ3v) is 3.98. The first-order chi connectivity index (χ1) is 9.76. The van der Waals surface area contributed by atoms with Crippen molar-refractivity contribution in [1.82, 2.24) is 14.8 Å². The summed E-state index contributed by atoms with van der Waals surface area (Å²) in [6, 6.07) is 9.65. The largest absolute Gasteiger partial charge is 0.343 e. The minimum atomic E-state index is -0.172. The molecule has 104 valence electrons. The maximum absolute atomic E-state index is 11.7. The molecule has 20 heavy (non-hydrogen) atoms. The molecule has 0 fully saturated rings. The number of hydrogen-bond acceptors (Lipinski definition) is 4. The first-order valence-electron chi connectivity index (χ1n) is 6.52. The van der Waals surface area contributed by atoms with Crippen molar-refractivity contribution in [3.63, 3.8) is 0 Å². The number of thioether (sulfide) groups is 1. The number of unbranched alkanes of at least 4 members (excludes halogenated alkanes) is 1. The molecular weight excluding hydrogens is 272 g/mol. The van der Waals surface area contributed by atoms with Crippen molar-refractivity contribution >= 4 is 11.8 Å². The highest BCUT2D eigenvalue weighted by molar-refractivity contribution is 7.98. The Morgan fingerprint density at radius 3 is 3.00 bits per heavy atom. The molecule has 0 spiro atoms. The van der Waals surface area contributed by atoms with Crippen LogP contribution in [0.5, 0.6) is 0 Å². The second kappa shape index (κ2) is 6.96. The Morgan fingerprint density at radius 1 is 1.45 bits per heavy atom. The fourth-order valence-corrected chi connectivity index (χ4v) is 2.80. The molecule has 1 heterocycles. The summed E-state index contributed by atoms with van der Waals surface area (Å²) in [7, 11) is 0. The van der Waals surface area contributed by atoms with Crippen LogP contribution in [0.15, 0.2) is 34.2 Å². The highest BCUT2D eigenvalue weighted by Gasteiger charge is 2.09. The van der Waals surface area contributed by atoms with Crippen LogP contribution in [0.4, 0.5) is 0 Å². The SMILES string of the molecule is CCCCn1c(SCc2ccccc2C#N)n[nH]c1=O. The Hall–Kier alpha value is -2.00. The first kappa shape index (κ1) is 14.4. The summed E-state index contributed by atoms with van der Waals surface area (Å²) in [5, 5.41) is 16.3. The maximum atomic E-state index is 11.7. The van der Waals surface area contributed by atoms with Gasteiger partial charge >= 0.3 is 5.69 Å². The predicted molar refractivity (Wildman–Crippen MR) is 78.5 cm³/mol. The van der Waals surface area contributed by atoms with E-state index in [9.17, 15) is 4.79 Å². The zero-order valence-corrected chi connectivity index (χ0v) is 12.1. The number of rotatable bonds is 6. The van der Waals surface area contributed by atoms with Gasteiger partial charge in [-0.1, -0.05) is 43.3 Å². The van der Waals surface area contributed by atoms with E-state index in [0.717, 1.165) is 18.4 Å². The molecule has 2 rings (SSSR count). The quantitative estimate of drug-likeness (QED) is 0.829. The summed E-state index contributed by atoms with van der Waals surface area (Å²) in [4.78, 5) is 11.7. The van der Waals surface area contributed by atoms with Crippen molar-refractivity contribution in [2.24, 2.45) is 0 Å². The Labute approximate surface area is 121 Å². The molecule has 5 nitrogen and oxygen atoms in total. The monoisotopic (exact) mass is 288 g/mol. The van der Waals surface area contributed by atoms with Gasteiger partial charge in [0.15, 0.2) is 5.16 Å². The van der Waals surface area contributed by atoms with Crippen LogP contribution in [0.25, 0.3) is 0 Å². The molecule has 0 saturated carbocycles. The fourth-order valence-electron chi connectivity index (χ4n) is 1.82. The molecule has 1 aromatic heterocycles. The van der Waals surface area contributed by atoms with E-state index in [1.165, 1.54) is 11.8 Å². The van der Waals surface area contributed by atoms with Crippen LogP contribution in [-0.4, -0.2) is 14.8 Å². The van der Waals surface area contributed by atoms with E-state index in [2.05, 4.69) is 23.2 Å². The minimum absolute atomic E-state index is 0.172. The van der Waals surface area contributed by atoms with Crippen LogP contribution in [0.2, 0.25) is 0 Å². The molecule has 0 amide bonds. The van der Waals surface area contributed by atoms with E-state index >= 15 is 0 Å². The van der Waals surface area contributed by atoms with Crippen LogP contribution in [0, 0.1) is 11.3 Å². The zero-order chi connectivity index (χ0) is 14.4. The van der Waals surface area contributed by atoms with Crippen molar-refractivity contribution in [1.29, 1.82) is 5.26 Å². The van der Waals surface area contributed by atoms with Gasteiger partial charge in [0.1, 0.15) is 0 Å². The number of aromatic amines is 1. The first-order valence-corrected chi connectivity index (χ1v) is 7.50. The summed E-state index contributed by atoms with van der Waals surface area (Å²) in [5.74, 6) is 0.625. The van der Waals surface area contributed by atoms with Gasteiger partial charge in [0.05, 0.1) is 11.6 Å². The Bertz CT molecular complexity index is 668. The molecule has 0 aliphatic rings. The van der Waals surface area contributed by atoms with E-state index in [1.807, 2.05) is 18.2 Å².